The van der Waals surface area contributed by atoms with Crippen LogP contribution in [-0.4, -0.2) is 24.2 Å². The number of carbonyl (C=O) groups excluding carboxylic acids is 1. The summed E-state index contributed by atoms with van der Waals surface area (Å²) in [7, 11) is 0. The minimum Gasteiger partial charge on any atom is -0.293 e. The zero-order chi connectivity index (χ0) is 7.28. The minimum absolute atomic E-state index is 0.0150. The van der Waals surface area contributed by atoms with Crippen molar-refractivity contribution < 1.29 is 13.6 Å². The Bertz CT molecular complexity index is 95.0. The van der Waals surface area contributed by atoms with E-state index in [4.69, 9.17) is 0 Å². The molecule has 0 aliphatic rings. The lowest BCUT2D eigenvalue weighted by Gasteiger charge is -1.94. The lowest BCUT2D eigenvalue weighted by Crippen LogP contribution is -2.09. The molecule has 0 aliphatic carbocycles. The number of halogens is 2. The van der Waals surface area contributed by atoms with Gasteiger partial charge in [0, 0.05) is 12.2 Å². The van der Waals surface area contributed by atoms with Crippen molar-refractivity contribution in [2.45, 2.75) is 12.8 Å². The van der Waals surface area contributed by atoms with Crippen molar-refractivity contribution >= 4 is 17.5 Å². The largest absolute Gasteiger partial charge is 0.296 e. The lowest BCUT2D eigenvalue weighted by molar-refractivity contribution is -0.129. The summed E-state index contributed by atoms with van der Waals surface area (Å²) in [5.74, 6) is -0.465. The Hall–Kier alpha value is -0.120. The normalized spacial score (nSPS) is 10.2. The molecule has 0 rings (SSSR count). The van der Waals surface area contributed by atoms with Crippen molar-refractivity contribution in [2.75, 3.05) is 12.0 Å². The molecule has 0 radical (unpaired) electrons. The molecule has 0 atom stereocenters. The summed E-state index contributed by atoms with van der Waals surface area (Å²) in [5, 5.41) is 0. The number of thioether (sulfide) groups is 1. The Balaban J connectivity index is 3.28. The first-order valence-electron chi connectivity index (χ1n) is 2.48. The fourth-order valence-corrected chi connectivity index (χ4v) is 0.717. The van der Waals surface area contributed by atoms with E-state index < -0.39 is 12.2 Å². The van der Waals surface area contributed by atoms with Crippen LogP contribution in [0.2, 0.25) is 0 Å². The summed E-state index contributed by atoms with van der Waals surface area (Å²) >= 11 is 1.39. The van der Waals surface area contributed by atoms with Crippen LogP contribution >= 0.6 is 11.8 Å². The maximum Gasteiger partial charge on any atom is 0.296 e. The third-order valence-corrected chi connectivity index (χ3v) is 1.41. The molecule has 0 aromatic rings. The lowest BCUT2D eigenvalue weighted by atomic mass is 10.3. The van der Waals surface area contributed by atoms with Crippen molar-refractivity contribution in [1.82, 2.24) is 0 Å². The second-order valence-corrected chi connectivity index (χ2v) is 2.50. The van der Waals surface area contributed by atoms with Crippen LogP contribution in [0.3, 0.4) is 0 Å². The van der Waals surface area contributed by atoms with Crippen LogP contribution in [0.15, 0.2) is 0 Å². The molecule has 0 saturated heterocycles. The predicted octanol–water partition coefficient (Wildman–Crippen LogP) is 1.57. The molecule has 0 spiro atoms. The number of rotatable bonds is 4. The van der Waals surface area contributed by atoms with Crippen LogP contribution in [0.1, 0.15) is 6.42 Å². The minimum atomic E-state index is -2.78. The van der Waals surface area contributed by atoms with Gasteiger partial charge < -0.3 is 0 Å². The van der Waals surface area contributed by atoms with E-state index >= 15 is 0 Å². The highest BCUT2D eigenvalue weighted by Crippen LogP contribution is 2.02. The van der Waals surface area contributed by atoms with Crippen LogP contribution in [0.25, 0.3) is 0 Å². The number of ketones is 1. The average molecular weight is 154 g/mol. The molecule has 0 fully saturated rings. The number of hydrogen-bond donors (Lipinski definition) is 0. The first kappa shape index (κ1) is 8.88. The van der Waals surface area contributed by atoms with E-state index in [1.165, 1.54) is 11.8 Å². The summed E-state index contributed by atoms with van der Waals surface area (Å²) in [6.07, 6.45) is -1.02. The summed E-state index contributed by atoms with van der Waals surface area (Å²) in [4.78, 5) is 10.1. The topological polar surface area (TPSA) is 17.1 Å². The zero-order valence-electron chi connectivity index (χ0n) is 5.06. The van der Waals surface area contributed by atoms with Crippen molar-refractivity contribution in [1.29, 1.82) is 0 Å². The van der Waals surface area contributed by atoms with E-state index in [2.05, 4.69) is 0 Å². The summed E-state index contributed by atoms with van der Waals surface area (Å²) in [6, 6.07) is 0. The van der Waals surface area contributed by atoms with Crippen molar-refractivity contribution in [3.8, 4) is 0 Å². The van der Waals surface area contributed by atoms with Crippen LogP contribution in [0, 0.1) is 0 Å². The number of Topliss-reactive ketones (excluding diaryl/α,β-unsaturated/α-hetero) is 1. The van der Waals surface area contributed by atoms with Gasteiger partial charge in [0.2, 0.25) is 0 Å². The molecule has 0 aromatic carbocycles. The van der Waals surface area contributed by atoms with Gasteiger partial charge >= 0.3 is 0 Å². The number of alkyl halides is 2. The average Bonchev–Trinajstić information content (AvgIpc) is 1.82. The van der Waals surface area contributed by atoms with Gasteiger partial charge in [-0.3, -0.25) is 4.79 Å². The van der Waals surface area contributed by atoms with E-state index in [0.29, 0.717) is 5.75 Å². The zero-order valence-corrected chi connectivity index (χ0v) is 5.88. The molecular weight excluding hydrogens is 146 g/mol. The Kier molecular flexibility index (Phi) is 4.67. The predicted molar refractivity (Wildman–Crippen MR) is 34.0 cm³/mol. The molecule has 4 heteroatoms. The summed E-state index contributed by atoms with van der Waals surface area (Å²) < 4.78 is 22.8. The molecule has 1 nitrogen and oxygen atoms in total. The maximum absolute atomic E-state index is 11.4. The quantitative estimate of drug-likeness (QED) is 0.611. The molecule has 0 bridgehead atoms. The summed E-state index contributed by atoms with van der Waals surface area (Å²) in [6.45, 7) is 0. The van der Waals surface area contributed by atoms with E-state index in [1.807, 2.05) is 0 Å². The van der Waals surface area contributed by atoms with E-state index in [-0.39, 0.29) is 6.42 Å². The molecule has 0 N–H and O–H groups in total. The van der Waals surface area contributed by atoms with Crippen molar-refractivity contribution in [3.05, 3.63) is 0 Å². The highest BCUT2D eigenvalue weighted by Gasteiger charge is 2.13. The van der Waals surface area contributed by atoms with Gasteiger partial charge in [-0.1, -0.05) is 0 Å². The first-order valence-corrected chi connectivity index (χ1v) is 3.87. The fourth-order valence-electron chi connectivity index (χ4n) is 0.312. The third-order valence-electron chi connectivity index (χ3n) is 0.796. The molecule has 0 amide bonds. The van der Waals surface area contributed by atoms with E-state index in [0.717, 1.165) is 0 Å². The Morgan fingerprint density at radius 1 is 1.67 bits per heavy atom. The molecule has 0 aliphatic heterocycles. The standard InChI is InChI=1S/C5H8F2OS/c1-9-3-2-4(8)5(6)7/h5H,2-3H2,1H3. The highest BCUT2D eigenvalue weighted by molar-refractivity contribution is 7.98. The van der Waals surface area contributed by atoms with E-state index in [1.54, 1.807) is 6.26 Å². The maximum atomic E-state index is 11.4. The first-order chi connectivity index (χ1) is 4.18. The monoisotopic (exact) mass is 154 g/mol. The second-order valence-electron chi connectivity index (χ2n) is 1.51. The van der Waals surface area contributed by atoms with Crippen molar-refractivity contribution in [3.63, 3.8) is 0 Å². The molecule has 9 heavy (non-hydrogen) atoms. The van der Waals surface area contributed by atoms with Crippen LogP contribution in [0.5, 0.6) is 0 Å². The fraction of sp³-hybridized carbons (Fsp3) is 0.800. The highest BCUT2D eigenvalue weighted by atomic mass is 32.2. The van der Waals surface area contributed by atoms with Gasteiger partial charge in [-0.2, -0.15) is 11.8 Å². The molecule has 0 heterocycles. The second kappa shape index (κ2) is 4.73. The van der Waals surface area contributed by atoms with Gasteiger partial charge in [0.25, 0.3) is 6.43 Å². The molecule has 0 aromatic heterocycles. The van der Waals surface area contributed by atoms with Gasteiger partial charge in [-0.25, -0.2) is 8.78 Å². The molecular formula is C5H8F2OS. The smallest absolute Gasteiger partial charge is 0.293 e. The SMILES string of the molecule is CSCCC(=O)C(F)F. The Morgan fingerprint density at radius 2 is 2.22 bits per heavy atom. The molecule has 0 unspecified atom stereocenters. The van der Waals surface area contributed by atoms with Crippen LogP contribution < -0.4 is 0 Å². The van der Waals surface area contributed by atoms with Gasteiger partial charge in [-0.15, -0.1) is 0 Å². The van der Waals surface area contributed by atoms with Crippen molar-refractivity contribution in [2.24, 2.45) is 0 Å². The Morgan fingerprint density at radius 3 is 2.56 bits per heavy atom. The van der Waals surface area contributed by atoms with E-state index in [9.17, 15) is 13.6 Å². The van der Waals surface area contributed by atoms with Gasteiger partial charge in [0.15, 0.2) is 5.78 Å². The number of carbonyl (C=O) groups is 1. The van der Waals surface area contributed by atoms with Gasteiger partial charge in [0.1, 0.15) is 0 Å². The Labute approximate surface area is 56.8 Å². The summed E-state index contributed by atoms with van der Waals surface area (Å²) in [5.41, 5.74) is 0. The third kappa shape index (κ3) is 4.39. The van der Waals surface area contributed by atoms with Gasteiger partial charge in [-0.05, 0) is 6.26 Å². The molecule has 54 valence electrons. The van der Waals surface area contributed by atoms with Crippen LogP contribution in [0.4, 0.5) is 8.78 Å². The molecule has 0 saturated carbocycles. The van der Waals surface area contributed by atoms with Gasteiger partial charge in [0.05, 0.1) is 0 Å². The van der Waals surface area contributed by atoms with Crippen LogP contribution in [-0.2, 0) is 4.79 Å². The number of hydrogen-bond acceptors (Lipinski definition) is 2.